The Labute approximate surface area is 176 Å². The number of anilines is 2. The molecule has 1 heterocycles. The Morgan fingerprint density at radius 3 is 1.70 bits per heavy atom. The molecule has 2 aromatic rings. The molecule has 3 rings (SSSR count). The number of nitriles is 2. The maximum absolute atomic E-state index is 11.1. The molecule has 0 aromatic heterocycles. The normalized spacial score (nSPS) is 13.0. The average molecular weight is 417 g/mol. The van der Waals surface area contributed by atoms with Gasteiger partial charge in [0.2, 0.25) is 0 Å². The Morgan fingerprint density at radius 2 is 1.37 bits per heavy atom. The molecule has 0 atom stereocenters. The van der Waals surface area contributed by atoms with E-state index in [-0.39, 0.29) is 11.1 Å². The molecule has 0 unspecified atom stereocenters. The summed E-state index contributed by atoms with van der Waals surface area (Å²) in [5.41, 5.74) is 2.38. The third kappa shape index (κ3) is 4.04. The van der Waals surface area contributed by atoms with Crippen molar-refractivity contribution in [2.75, 3.05) is 11.4 Å². The van der Waals surface area contributed by atoms with Crippen LogP contribution in [0.2, 0.25) is 0 Å². The van der Waals surface area contributed by atoms with Crippen LogP contribution in [0.5, 0.6) is 0 Å². The van der Waals surface area contributed by atoms with Crippen molar-refractivity contribution in [3.8, 4) is 12.1 Å². The first-order valence-electron chi connectivity index (χ1n) is 8.81. The predicted molar refractivity (Wildman–Crippen MR) is 112 cm³/mol. The van der Waals surface area contributed by atoms with Crippen LogP contribution in [0.15, 0.2) is 57.3 Å². The fraction of sp³-hybridized carbons (Fsp3) is 0.0909. The van der Waals surface area contributed by atoms with Gasteiger partial charge in [-0.2, -0.15) is 10.5 Å². The fourth-order valence-corrected chi connectivity index (χ4v) is 4.25. The number of carboxylic acid groups (broad SMARTS) is 2. The van der Waals surface area contributed by atoms with E-state index in [0.29, 0.717) is 17.7 Å². The summed E-state index contributed by atoms with van der Waals surface area (Å²) in [4.78, 5) is 26.1. The van der Waals surface area contributed by atoms with Crippen LogP contribution in [0, 0.1) is 22.7 Å². The molecule has 7 nitrogen and oxygen atoms in total. The van der Waals surface area contributed by atoms with Gasteiger partial charge < -0.3 is 15.1 Å². The lowest BCUT2D eigenvalue weighted by Gasteiger charge is -2.32. The molecular formula is C22H15N3O4S. The van der Waals surface area contributed by atoms with E-state index < -0.39 is 11.9 Å². The second-order valence-electron chi connectivity index (χ2n) is 6.25. The van der Waals surface area contributed by atoms with Crippen LogP contribution in [-0.4, -0.2) is 28.7 Å². The van der Waals surface area contributed by atoms with E-state index >= 15 is 0 Å². The Balaban J connectivity index is 2.06. The average Bonchev–Trinajstić information content (AvgIpc) is 2.73. The predicted octanol–water partition coefficient (Wildman–Crippen LogP) is 4.29. The van der Waals surface area contributed by atoms with Crippen molar-refractivity contribution in [2.45, 2.75) is 16.7 Å². The maximum atomic E-state index is 11.1. The van der Waals surface area contributed by atoms with Crippen molar-refractivity contribution < 1.29 is 19.8 Å². The first kappa shape index (κ1) is 20.7. The van der Waals surface area contributed by atoms with Crippen molar-refractivity contribution in [1.82, 2.24) is 0 Å². The van der Waals surface area contributed by atoms with Gasteiger partial charge in [-0.1, -0.05) is 23.9 Å². The highest BCUT2D eigenvalue weighted by atomic mass is 32.2. The molecule has 0 spiro atoms. The van der Waals surface area contributed by atoms with Gasteiger partial charge in [0.25, 0.3) is 0 Å². The first-order valence-corrected chi connectivity index (χ1v) is 9.63. The number of hydrogen-bond acceptors (Lipinski definition) is 6. The lowest BCUT2D eigenvalue weighted by atomic mass is 10.1. The standard InChI is InChI=1S/C22H15N3O4S/c1-2-25-17-5-3-13(7-15(11-23)21(26)27)9-19(17)30-20-10-14(4-6-18(20)25)8-16(12-24)22(28)29/h3-10H,2H2,1H3,(H,26,27)(H,28,29)/b15-7-,16-8-. The quantitative estimate of drug-likeness (QED) is 0.545. The minimum atomic E-state index is -1.29. The highest BCUT2D eigenvalue weighted by molar-refractivity contribution is 7.99. The Hall–Kier alpha value is -4.01. The summed E-state index contributed by atoms with van der Waals surface area (Å²) in [7, 11) is 0. The lowest BCUT2D eigenvalue weighted by molar-refractivity contribution is -0.133. The summed E-state index contributed by atoms with van der Waals surface area (Å²) in [6.45, 7) is 2.68. The van der Waals surface area contributed by atoms with Crippen molar-refractivity contribution in [3.63, 3.8) is 0 Å². The number of aliphatic carboxylic acids is 2. The van der Waals surface area contributed by atoms with Crippen molar-refractivity contribution >= 4 is 47.2 Å². The van der Waals surface area contributed by atoms with E-state index in [2.05, 4.69) is 4.90 Å². The van der Waals surface area contributed by atoms with E-state index in [9.17, 15) is 9.59 Å². The number of benzene rings is 2. The van der Waals surface area contributed by atoms with Gasteiger partial charge in [0.15, 0.2) is 0 Å². The van der Waals surface area contributed by atoms with Gasteiger partial charge in [-0.15, -0.1) is 0 Å². The topological polar surface area (TPSA) is 125 Å². The molecule has 30 heavy (non-hydrogen) atoms. The second kappa shape index (κ2) is 8.56. The number of fused-ring (bicyclic) bond motifs is 2. The number of hydrogen-bond donors (Lipinski definition) is 2. The van der Waals surface area contributed by atoms with Crippen LogP contribution in [0.4, 0.5) is 11.4 Å². The summed E-state index contributed by atoms with van der Waals surface area (Å²) in [6.07, 6.45) is 2.64. The van der Waals surface area contributed by atoms with Gasteiger partial charge in [-0.05, 0) is 54.5 Å². The van der Waals surface area contributed by atoms with E-state index in [4.69, 9.17) is 20.7 Å². The number of carboxylic acids is 2. The summed E-state index contributed by atoms with van der Waals surface area (Å²) in [5, 5.41) is 36.1. The van der Waals surface area contributed by atoms with Gasteiger partial charge in [0.1, 0.15) is 23.3 Å². The fourth-order valence-electron chi connectivity index (χ4n) is 3.06. The smallest absolute Gasteiger partial charge is 0.346 e. The molecule has 0 aliphatic carbocycles. The zero-order valence-electron chi connectivity index (χ0n) is 15.8. The third-order valence-electron chi connectivity index (χ3n) is 4.41. The molecule has 0 fully saturated rings. The van der Waals surface area contributed by atoms with Gasteiger partial charge in [0.05, 0.1) is 11.4 Å². The van der Waals surface area contributed by atoms with Crippen molar-refractivity contribution in [3.05, 3.63) is 58.7 Å². The zero-order chi connectivity index (χ0) is 21.8. The first-order chi connectivity index (χ1) is 14.4. The SMILES string of the molecule is CCN1c2ccc(/C=C(/C#N)C(=O)O)cc2Sc2cc(/C=C(/C#N)C(=O)O)ccc21. The molecular weight excluding hydrogens is 402 g/mol. The maximum Gasteiger partial charge on any atom is 0.346 e. The lowest BCUT2D eigenvalue weighted by Crippen LogP contribution is -2.20. The molecule has 1 aliphatic heterocycles. The Kier molecular flexibility index (Phi) is 5.91. The monoisotopic (exact) mass is 417 g/mol. The van der Waals surface area contributed by atoms with Gasteiger partial charge in [-0.25, -0.2) is 9.59 Å². The van der Waals surface area contributed by atoms with Gasteiger partial charge in [0, 0.05) is 16.3 Å². The molecule has 1 aliphatic rings. The molecule has 0 bridgehead atoms. The van der Waals surface area contributed by atoms with Crippen molar-refractivity contribution in [1.29, 1.82) is 10.5 Å². The summed E-state index contributed by atoms with van der Waals surface area (Å²) < 4.78 is 0. The molecule has 0 amide bonds. The zero-order valence-corrected chi connectivity index (χ0v) is 16.6. The summed E-state index contributed by atoms with van der Waals surface area (Å²) in [5.74, 6) is -2.57. The Bertz CT molecular complexity index is 1110. The number of carbonyl (C=O) groups is 2. The van der Waals surface area contributed by atoms with E-state index in [1.807, 2.05) is 31.2 Å². The van der Waals surface area contributed by atoms with E-state index in [1.165, 1.54) is 23.9 Å². The van der Waals surface area contributed by atoms with Crippen LogP contribution in [0.1, 0.15) is 18.1 Å². The minimum absolute atomic E-state index is 0.353. The van der Waals surface area contributed by atoms with E-state index in [0.717, 1.165) is 21.2 Å². The molecule has 0 saturated heterocycles. The highest BCUT2D eigenvalue weighted by Gasteiger charge is 2.23. The van der Waals surface area contributed by atoms with Crippen LogP contribution in [0.25, 0.3) is 12.2 Å². The molecule has 0 radical (unpaired) electrons. The summed E-state index contributed by atoms with van der Waals surface area (Å²) >= 11 is 1.46. The minimum Gasteiger partial charge on any atom is -0.477 e. The third-order valence-corrected chi connectivity index (χ3v) is 5.50. The number of rotatable bonds is 5. The molecule has 2 aromatic carbocycles. The van der Waals surface area contributed by atoms with Crippen LogP contribution in [-0.2, 0) is 9.59 Å². The van der Waals surface area contributed by atoms with Crippen molar-refractivity contribution in [2.24, 2.45) is 0 Å². The summed E-state index contributed by atoms with van der Waals surface area (Å²) in [6, 6.07) is 14.2. The van der Waals surface area contributed by atoms with Crippen LogP contribution in [0.3, 0.4) is 0 Å². The largest absolute Gasteiger partial charge is 0.477 e. The van der Waals surface area contributed by atoms with Gasteiger partial charge >= 0.3 is 11.9 Å². The van der Waals surface area contributed by atoms with Crippen LogP contribution >= 0.6 is 11.8 Å². The van der Waals surface area contributed by atoms with Gasteiger partial charge in [-0.3, -0.25) is 0 Å². The van der Waals surface area contributed by atoms with E-state index in [1.54, 1.807) is 24.3 Å². The molecule has 148 valence electrons. The molecule has 2 N–H and O–H groups in total. The molecule has 8 heteroatoms. The Morgan fingerprint density at radius 1 is 0.933 bits per heavy atom. The highest BCUT2D eigenvalue weighted by Crippen LogP contribution is 2.48. The number of nitrogens with zero attached hydrogens (tertiary/aromatic N) is 3. The second-order valence-corrected chi connectivity index (χ2v) is 7.33. The molecule has 0 saturated carbocycles. The van der Waals surface area contributed by atoms with Crippen LogP contribution < -0.4 is 4.90 Å².